The first-order valence-corrected chi connectivity index (χ1v) is 11.8. The number of hydrogen-bond donors (Lipinski definition) is 2. The molecule has 2 aliphatic rings. The smallest absolute Gasteiger partial charge is 0.161 e. The van der Waals surface area contributed by atoms with Crippen LogP contribution in [-0.4, -0.2) is 16.7 Å². The number of Topliss-reactive ketones (excluding diaryl/α,β-unsaturated/α-hetero) is 1. The molecule has 34 heavy (non-hydrogen) atoms. The van der Waals surface area contributed by atoms with Crippen molar-refractivity contribution in [1.82, 2.24) is 0 Å². The molecule has 0 bridgehead atoms. The van der Waals surface area contributed by atoms with Gasteiger partial charge in [-0.05, 0) is 43.5 Å². The highest BCUT2D eigenvalue weighted by Gasteiger charge is 2.43. The number of benzene rings is 3. The Hall–Kier alpha value is -3.63. The zero-order chi connectivity index (χ0) is 23.8. The van der Waals surface area contributed by atoms with E-state index >= 15 is 0 Å². The fourth-order valence-corrected chi connectivity index (χ4v) is 5.12. The van der Waals surface area contributed by atoms with Crippen molar-refractivity contribution in [1.29, 1.82) is 5.41 Å². The minimum atomic E-state index is -0.520. The lowest BCUT2D eigenvalue weighted by atomic mass is 9.73. The second kappa shape index (κ2) is 8.96. The SMILES string of the molecule is Cc1ccc(C(O)=C2C(=N)N(c3cccc(Cl)c3)C3=C(C(=O)CCC3)[C@@H]2c2ccccc2)cc1. The second-order valence-electron chi connectivity index (χ2n) is 8.77. The average molecular weight is 469 g/mol. The van der Waals surface area contributed by atoms with E-state index in [4.69, 9.17) is 11.6 Å². The molecule has 170 valence electrons. The van der Waals surface area contributed by atoms with Crippen molar-refractivity contribution < 1.29 is 9.90 Å². The van der Waals surface area contributed by atoms with Crippen LogP contribution in [0.25, 0.3) is 5.76 Å². The van der Waals surface area contributed by atoms with E-state index in [0.717, 1.165) is 23.2 Å². The molecule has 3 aromatic rings. The molecule has 3 aromatic carbocycles. The van der Waals surface area contributed by atoms with Crippen LogP contribution in [0.4, 0.5) is 5.69 Å². The number of amidine groups is 1. The maximum Gasteiger partial charge on any atom is 0.161 e. The van der Waals surface area contributed by atoms with E-state index in [1.807, 2.05) is 73.7 Å². The molecule has 0 amide bonds. The number of anilines is 1. The van der Waals surface area contributed by atoms with Crippen molar-refractivity contribution in [2.45, 2.75) is 32.1 Å². The van der Waals surface area contributed by atoms with Gasteiger partial charge in [-0.2, -0.15) is 0 Å². The van der Waals surface area contributed by atoms with Crippen LogP contribution >= 0.6 is 11.6 Å². The molecule has 1 heterocycles. The lowest BCUT2D eigenvalue weighted by Crippen LogP contribution is -2.42. The van der Waals surface area contributed by atoms with Crippen molar-refractivity contribution in [3.8, 4) is 0 Å². The molecule has 4 nitrogen and oxygen atoms in total. The summed E-state index contributed by atoms with van der Waals surface area (Å²) < 4.78 is 0. The first kappa shape index (κ1) is 22.2. The minimum absolute atomic E-state index is 0.0100. The molecule has 0 aromatic heterocycles. The van der Waals surface area contributed by atoms with Gasteiger partial charge in [0, 0.05) is 45.5 Å². The maximum absolute atomic E-state index is 13.4. The maximum atomic E-state index is 13.4. The Kier molecular flexibility index (Phi) is 5.84. The summed E-state index contributed by atoms with van der Waals surface area (Å²) in [6, 6.07) is 24.6. The summed E-state index contributed by atoms with van der Waals surface area (Å²) in [6.07, 6.45) is 1.86. The van der Waals surface area contributed by atoms with Crippen LogP contribution in [-0.2, 0) is 4.79 Å². The van der Waals surface area contributed by atoms with Gasteiger partial charge in [-0.25, -0.2) is 0 Å². The summed E-state index contributed by atoms with van der Waals surface area (Å²) >= 11 is 6.31. The molecule has 0 saturated heterocycles. The lowest BCUT2D eigenvalue weighted by Gasteiger charge is -2.41. The third-order valence-electron chi connectivity index (χ3n) is 6.53. The molecule has 0 saturated carbocycles. The predicted molar refractivity (Wildman–Crippen MR) is 137 cm³/mol. The molecule has 2 N–H and O–H groups in total. The molecule has 1 aliphatic carbocycles. The fourth-order valence-electron chi connectivity index (χ4n) is 4.94. The molecule has 0 spiro atoms. The van der Waals surface area contributed by atoms with E-state index in [1.165, 1.54) is 0 Å². The van der Waals surface area contributed by atoms with Crippen molar-refractivity contribution in [2.24, 2.45) is 0 Å². The largest absolute Gasteiger partial charge is 0.507 e. The summed E-state index contributed by atoms with van der Waals surface area (Å²) in [5.74, 6) is -0.296. The Bertz CT molecular complexity index is 1340. The summed E-state index contributed by atoms with van der Waals surface area (Å²) in [7, 11) is 0. The number of aliphatic hydroxyl groups is 1. The second-order valence-corrected chi connectivity index (χ2v) is 9.21. The van der Waals surface area contributed by atoms with Crippen molar-refractivity contribution in [3.05, 3.63) is 117 Å². The van der Waals surface area contributed by atoms with Gasteiger partial charge in [0.15, 0.2) is 5.78 Å². The van der Waals surface area contributed by atoms with Gasteiger partial charge in [0.05, 0.1) is 0 Å². The number of nitrogens with zero attached hydrogens (tertiary/aromatic N) is 1. The quantitative estimate of drug-likeness (QED) is 0.399. The van der Waals surface area contributed by atoms with Crippen LogP contribution in [0.1, 0.15) is 41.9 Å². The first-order valence-electron chi connectivity index (χ1n) is 11.4. The molecule has 1 atom stereocenters. The van der Waals surface area contributed by atoms with Crippen LogP contribution in [0.3, 0.4) is 0 Å². The topological polar surface area (TPSA) is 64.4 Å². The minimum Gasteiger partial charge on any atom is -0.507 e. The molecule has 5 heteroatoms. The van der Waals surface area contributed by atoms with E-state index in [2.05, 4.69) is 0 Å². The molecule has 1 aliphatic heterocycles. The van der Waals surface area contributed by atoms with E-state index in [0.29, 0.717) is 40.3 Å². The number of carbonyl (C=O) groups is 1. The van der Waals surface area contributed by atoms with Gasteiger partial charge in [-0.3, -0.25) is 15.1 Å². The van der Waals surface area contributed by atoms with Gasteiger partial charge in [-0.15, -0.1) is 0 Å². The van der Waals surface area contributed by atoms with Crippen LogP contribution in [0.5, 0.6) is 0 Å². The van der Waals surface area contributed by atoms with E-state index < -0.39 is 5.92 Å². The lowest BCUT2D eigenvalue weighted by molar-refractivity contribution is -0.116. The molecular formula is C29H25ClN2O2. The summed E-state index contributed by atoms with van der Waals surface area (Å²) in [5.41, 5.74) is 5.18. The average Bonchev–Trinajstić information content (AvgIpc) is 2.84. The molecule has 0 fully saturated rings. The zero-order valence-electron chi connectivity index (χ0n) is 18.9. The monoisotopic (exact) mass is 468 g/mol. The third-order valence-corrected chi connectivity index (χ3v) is 6.77. The molecule has 0 unspecified atom stereocenters. The number of carbonyl (C=O) groups excluding carboxylic acids is 1. The summed E-state index contributed by atoms with van der Waals surface area (Å²) in [5, 5.41) is 21.5. The zero-order valence-corrected chi connectivity index (χ0v) is 19.6. The van der Waals surface area contributed by atoms with E-state index in [9.17, 15) is 15.3 Å². The van der Waals surface area contributed by atoms with Crippen LogP contribution < -0.4 is 4.90 Å². The molecular weight excluding hydrogens is 444 g/mol. The van der Waals surface area contributed by atoms with Gasteiger partial charge in [0.1, 0.15) is 11.6 Å². The highest BCUT2D eigenvalue weighted by molar-refractivity contribution is 6.31. The van der Waals surface area contributed by atoms with Gasteiger partial charge in [0.25, 0.3) is 0 Å². The Labute approximate surface area is 204 Å². The van der Waals surface area contributed by atoms with Crippen molar-refractivity contribution >= 4 is 34.7 Å². The van der Waals surface area contributed by atoms with Gasteiger partial charge in [0.2, 0.25) is 0 Å². The number of rotatable bonds is 3. The van der Waals surface area contributed by atoms with Gasteiger partial charge < -0.3 is 5.11 Å². The van der Waals surface area contributed by atoms with Gasteiger partial charge >= 0.3 is 0 Å². The fraction of sp³-hybridized carbons (Fsp3) is 0.172. The Morgan fingerprint density at radius 1 is 1.00 bits per heavy atom. The van der Waals surface area contributed by atoms with Crippen LogP contribution in [0.15, 0.2) is 95.7 Å². The van der Waals surface area contributed by atoms with Crippen LogP contribution in [0.2, 0.25) is 5.02 Å². The number of ketones is 1. The highest BCUT2D eigenvalue weighted by Crippen LogP contribution is 2.48. The summed E-state index contributed by atoms with van der Waals surface area (Å²) in [6.45, 7) is 1.99. The number of aliphatic hydroxyl groups excluding tert-OH is 1. The third kappa shape index (κ3) is 3.84. The Morgan fingerprint density at radius 2 is 1.74 bits per heavy atom. The number of halogens is 1. The number of nitrogens with one attached hydrogen (secondary N) is 1. The van der Waals surface area contributed by atoms with Gasteiger partial charge in [-0.1, -0.05) is 77.8 Å². The standard InChI is InChI=1S/C29H25ClN2O2/c1-18-13-15-20(16-14-18)28(34)27-25(19-7-3-2-4-8-19)26-23(11-6-12-24(26)33)32(29(27)31)22-10-5-9-21(30)17-22/h2-5,7-10,13-17,25,31,34H,6,11-12H2,1H3/t25-/m0/s1. The number of hydrogen-bond acceptors (Lipinski definition) is 3. The Balaban J connectivity index is 1.82. The van der Waals surface area contributed by atoms with E-state index in [1.54, 1.807) is 17.0 Å². The first-order chi connectivity index (χ1) is 16.5. The number of aryl methyl sites for hydroxylation is 1. The highest BCUT2D eigenvalue weighted by atomic mass is 35.5. The summed E-state index contributed by atoms with van der Waals surface area (Å²) in [4.78, 5) is 15.2. The van der Waals surface area contributed by atoms with Crippen molar-refractivity contribution in [3.63, 3.8) is 0 Å². The van der Waals surface area contributed by atoms with Crippen molar-refractivity contribution in [2.75, 3.05) is 4.90 Å². The normalized spacial score (nSPS) is 19.8. The van der Waals surface area contributed by atoms with E-state index in [-0.39, 0.29) is 17.4 Å². The molecule has 0 radical (unpaired) electrons. The predicted octanol–water partition coefficient (Wildman–Crippen LogP) is 7.21. The van der Waals surface area contributed by atoms with Crippen LogP contribution in [0, 0.1) is 12.3 Å². The molecule has 5 rings (SSSR count). The Morgan fingerprint density at radius 3 is 2.44 bits per heavy atom. The number of allylic oxidation sites excluding steroid dienone is 2.